The van der Waals surface area contributed by atoms with Gasteiger partial charge in [-0.3, -0.25) is 4.79 Å². The van der Waals surface area contributed by atoms with Crippen LogP contribution in [-0.2, 0) is 16.1 Å². The summed E-state index contributed by atoms with van der Waals surface area (Å²) in [6.07, 6.45) is 0. The molecular formula is C9H17N5O2S. The van der Waals surface area contributed by atoms with Crippen LogP contribution in [0.3, 0.4) is 0 Å². The van der Waals surface area contributed by atoms with Gasteiger partial charge < -0.3 is 10.5 Å². The van der Waals surface area contributed by atoms with Crippen LogP contribution in [-0.4, -0.2) is 44.1 Å². The van der Waals surface area contributed by atoms with E-state index in [4.69, 9.17) is 10.5 Å². The normalized spacial score (nSPS) is 11.5. The molecule has 1 aromatic heterocycles. The Bertz CT molecular complexity index is 374. The van der Waals surface area contributed by atoms with Crippen LogP contribution in [0.25, 0.3) is 0 Å². The molecule has 2 N–H and O–H groups in total. The van der Waals surface area contributed by atoms with Crippen molar-refractivity contribution in [2.45, 2.75) is 38.1 Å². The number of tetrazole rings is 1. The lowest BCUT2D eigenvalue weighted by atomic mass is 10.2. The Kier molecular flexibility index (Phi) is 4.88. The van der Waals surface area contributed by atoms with Crippen molar-refractivity contribution < 1.29 is 9.53 Å². The van der Waals surface area contributed by atoms with E-state index in [1.807, 2.05) is 20.8 Å². The molecule has 1 aromatic rings. The highest BCUT2D eigenvalue weighted by molar-refractivity contribution is 7.99. The third-order valence-electron chi connectivity index (χ3n) is 1.58. The Morgan fingerprint density at radius 3 is 2.82 bits per heavy atom. The number of esters is 1. The van der Waals surface area contributed by atoms with Crippen LogP contribution in [0.2, 0.25) is 0 Å². The number of nitrogens with zero attached hydrogens (tertiary/aromatic N) is 4. The zero-order valence-electron chi connectivity index (χ0n) is 10.2. The molecule has 0 saturated carbocycles. The minimum atomic E-state index is -0.471. The molecule has 1 heterocycles. The smallest absolute Gasteiger partial charge is 0.316 e. The van der Waals surface area contributed by atoms with Crippen LogP contribution < -0.4 is 5.73 Å². The highest BCUT2D eigenvalue weighted by atomic mass is 32.2. The van der Waals surface area contributed by atoms with Crippen molar-refractivity contribution in [3.63, 3.8) is 0 Å². The van der Waals surface area contributed by atoms with Gasteiger partial charge in [0, 0.05) is 6.54 Å². The first-order valence-corrected chi connectivity index (χ1v) is 6.22. The fourth-order valence-electron chi connectivity index (χ4n) is 1.06. The predicted octanol–water partition coefficient (Wildman–Crippen LogP) is 0.0656. The van der Waals surface area contributed by atoms with E-state index >= 15 is 0 Å². The van der Waals surface area contributed by atoms with Crippen LogP contribution in [0.1, 0.15) is 20.8 Å². The number of rotatable bonds is 5. The number of carbonyl (C=O) groups excluding carboxylic acids is 1. The van der Waals surface area contributed by atoms with Gasteiger partial charge in [0.1, 0.15) is 5.60 Å². The highest BCUT2D eigenvalue weighted by Gasteiger charge is 2.17. The fourth-order valence-corrected chi connectivity index (χ4v) is 1.73. The van der Waals surface area contributed by atoms with Gasteiger partial charge in [-0.2, -0.15) is 0 Å². The third kappa shape index (κ3) is 5.14. The molecule has 1 rings (SSSR count). The van der Waals surface area contributed by atoms with Gasteiger partial charge in [-0.15, -0.1) is 5.10 Å². The van der Waals surface area contributed by atoms with Gasteiger partial charge in [0.2, 0.25) is 5.16 Å². The first-order valence-electron chi connectivity index (χ1n) is 5.23. The van der Waals surface area contributed by atoms with Crippen LogP contribution in [0.5, 0.6) is 0 Å². The molecule has 0 aliphatic rings. The first kappa shape index (κ1) is 13.9. The zero-order chi connectivity index (χ0) is 12.9. The van der Waals surface area contributed by atoms with Gasteiger partial charge >= 0.3 is 5.97 Å². The lowest BCUT2D eigenvalue weighted by Gasteiger charge is -2.19. The maximum Gasteiger partial charge on any atom is 0.316 e. The van der Waals surface area contributed by atoms with E-state index in [0.29, 0.717) is 18.2 Å². The Morgan fingerprint density at radius 2 is 2.24 bits per heavy atom. The summed E-state index contributed by atoms with van der Waals surface area (Å²) in [6, 6.07) is 0. The summed E-state index contributed by atoms with van der Waals surface area (Å²) in [7, 11) is 0. The van der Waals surface area contributed by atoms with Gasteiger partial charge in [-0.05, 0) is 31.2 Å². The van der Waals surface area contributed by atoms with E-state index in [9.17, 15) is 4.79 Å². The Balaban J connectivity index is 2.44. The standard InChI is InChI=1S/C9H17N5O2S/c1-9(2,3)16-7(15)6-17-8-11-12-13-14(8)5-4-10/h4-6,10H2,1-3H3. The molecule has 0 bridgehead atoms. The molecule has 0 aromatic carbocycles. The lowest BCUT2D eigenvalue weighted by molar-refractivity contribution is -0.151. The molecule has 0 unspecified atom stereocenters. The monoisotopic (exact) mass is 259 g/mol. The number of carbonyl (C=O) groups is 1. The van der Waals surface area contributed by atoms with Crippen LogP contribution in [0.15, 0.2) is 5.16 Å². The second-order valence-electron chi connectivity index (χ2n) is 4.35. The fraction of sp³-hybridized carbons (Fsp3) is 0.778. The molecule has 0 spiro atoms. The SMILES string of the molecule is CC(C)(C)OC(=O)CSc1nnnn1CCN. The van der Waals surface area contributed by atoms with E-state index in [-0.39, 0.29) is 11.7 Å². The zero-order valence-corrected chi connectivity index (χ0v) is 11.0. The molecule has 0 radical (unpaired) electrons. The molecule has 0 amide bonds. The average Bonchev–Trinajstić information content (AvgIpc) is 2.60. The second kappa shape index (κ2) is 5.97. The number of aromatic nitrogens is 4. The number of thioether (sulfide) groups is 1. The van der Waals surface area contributed by atoms with Crippen molar-refractivity contribution in [3.05, 3.63) is 0 Å². The van der Waals surface area contributed by atoms with Crippen LogP contribution in [0.4, 0.5) is 0 Å². The highest BCUT2D eigenvalue weighted by Crippen LogP contribution is 2.15. The van der Waals surface area contributed by atoms with Gasteiger partial charge in [0.05, 0.1) is 12.3 Å². The van der Waals surface area contributed by atoms with E-state index < -0.39 is 5.60 Å². The molecular weight excluding hydrogens is 242 g/mol. The quantitative estimate of drug-likeness (QED) is 0.590. The molecule has 0 atom stereocenters. The van der Waals surface area contributed by atoms with Crippen molar-refractivity contribution in [2.75, 3.05) is 12.3 Å². The number of nitrogens with two attached hydrogens (primary N) is 1. The first-order chi connectivity index (χ1) is 7.92. The van der Waals surface area contributed by atoms with E-state index in [1.165, 1.54) is 11.8 Å². The maximum absolute atomic E-state index is 11.5. The summed E-state index contributed by atoms with van der Waals surface area (Å²) in [5.41, 5.74) is 4.94. The van der Waals surface area contributed by atoms with Gasteiger partial charge in [0.25, 0.3) is 0 Å². The molecule has 17 heavy (non-hydrogen) atoms. The largest absolute Gasteiger partial charge is 0.459 e. The molecule has 0 aliphatic carbocycles. The van der Waals surface area contributed by atoms with Crippen LogP contribution in [0, 0.1) is 0 Å². The van der Waals surface area contributed by atoms with Crippen molar-refractivity contribution in [1.29, 1.82) is 0 Å². The van der Waals surface area contributed by atoms with Gasteiger partial charge in [-0.25, -0.2) is 4.68 Å². The summed E-state index contributed by atoms with van der Waals surface area (Å²) in [5.74, 6) is -0.104. The average molecular weight is 259 g/mol. The van der Waals surface area contributed by atoms with Gasteiger partial charge in [0.15, 0.2) is 0 Å². The Morgan fingerprint density at radius 1 is 1.53 bits per heavy atom. The summed E-state index contributed by atoms with van der Waals surface area (Å²) >= 11 is 1.24. The van der Waals surface area contributed by atoms with E-state index in [0.717, 1.165) is 0 Å². The van der Waals surface area contributed by atoms with Crippen molar-refractivity contribution in [1.82, 2.24) is 20.2 Å². The van der Waals surface area contributed by atoms with Crippen molar-refractivity contribution in [2.24, 2.45) is 5.73 Å². The number of ether oxygens (including phenoxy) is 1. The molecule has 96 valence electrons. The maximum atomic E-state index is 11.5. The molecule has 0 fully saturated rings. The molecule has 0 saturated heterocycles. The Labute approximate surface area is 104 Å². The van der Waals surface area contributed by atoms with Gasteiger partial charge in [-0.1, -0.05) is 11.8 Å². The lowest BCUT2D eigenvalue weighted by Crippen LogP contribution is -2.25. The number of hydrogen-bond donors (Lipinski definition) is 1. The van der Waals surface area contributed by atoms with Crippen LogP contribution >= 0.6 is 11.8 Å². The summed E-state index contributed by atoms with van der Waals surface area (Å²) in [6.45, 7) is 6.46. The topological polar surface area (TPSA) is 95.9 Å². The second-order valence-corrected chi connectivity index (χ2v) is 5.29. The Hall–Kier alpha value is -1.15. The summed E-state index contributed by atoms with van der Waals surface area (Å²) < 4.78 is 6.74. The summed E-state index contributed by atoms with van der Waals surface area (Å²) in [5, 5.41) is 11.7. The van der Waals surface area contributed by atoms with Crippen molar-refractivity contribution >= 4 is 17.7 Å². The predicted molar refractivity (Wildman–Crippen MR) is 63.4 cm³/mol. The van der Waals surface area contributed by atoms with Crippen molar-refractivity contribution in [3.8, 4) is 0 Å². The minimum Gasteiger partial charge on any atom is -0.459 e. The van der Waals surface area contributed by atoms with E-state index in [1.54, 1.807) is 4.68 Å². The van der Waals surface area contributed by atoms with E-state index in [2.05, 4.69) is 15.5 Å². The molecule has 8 heteroatoms. The molecule has 0 aliphatic heterocycles. The third-order valence-corrected chi connectivity index (χ3v) is 2.51. The minimum absolute atomic E-state index is 0.183. The number of hydrogen-bond acceptors (Lipinski definition) is 7. The molecule has 7 nitrogen and oxygen atoms in total. The summed E-state index contributed by atoms with van der Waals surface area (Å²) in [4.78, 5) is 11.5.